The van der Waals surface area contributed by atoms with Crippen molar-refractivity contribution in [3.63, 3.8) is 0 Å². The third kappa shape index (κ3) is 2.98. The van der Waals surface area contributed by atoms with Crippen molar-refractivity contribution in [1.29, 1.82) is 0 Å². The summed E-state index contributed by atoms with van der Waals surface area (Å²) in [6.07, 6.45) is 0.437. The minimum atomic E-state index is 0.0917. The molecule has 102 valence electrons. The number of para-hydroxylation sites is 1. The fourth-order valence-electron chi connectivity index (χ4n) is 2.19. The number of aromatic amines is 1. The number of benzene rings is 1. The minimum Gasteiger partial charge on any atom is -0.358 e. The molecule has 1 atom stereocenters. The van der Waals surface area contributed by atoms with Crippen LogP contribution in [0.15, 0.2) is 24.3 Å². The number of hydrogen-bond donors (Lipinski definition) is 2. The second-order valence-corrected chi connectivity index (χ2v) is 5.55. The molecule has 0 fully saturated rings. The molecule has 1 amide bonds. The van der Waals surface area contributed by atoms with E-state index in [4.69, 9.17) is 0 Å². The summed E-state index contributed by atoms with van der Waals surface area (Å²) in [4.78, 5) is 15.4. The third-order valence-corrected chi connectivity index (χ3v) is 3.75. The van der Waals surface area contributed by atoms with Gasteiger partial charge in [-0.3, -0.25) is 4.79 Å². The third-order valence-electron chi connectivity index (χ3n) is 3.75. The fraction of sp³-hybridized carbons (Fsp3) is 0.438. The van der Waals surface area contributed by atoms with Crippen LogP contribution in [0.5, 0.6) is 0 Å². The summed E-state index contributed by atoms with van der Waals surface area (Å²) in [5.74, 6) is 0.544. The summed E-state index contributed by atoms with van der Waals surface area (Å²) < 4.78 is 0. The van der Waals surface area contributed by atoms with Gasteiger partial charge < -0.3 is 10.3 Å². The molecule has 0 aliphatic rings. The number of aromatic nitrogens is 1. The number of H-pyrrole nitrogens is 1. The molecule has 0 aliphatic carbocycles. The van der Waals surface area contributed by atoms with Crippen LogP contribution in [0.4, 0.5) is 0 Å². The quantitative estimate of drug-likeness (QED) is 0.869. The molecule has 2 aromatic rings. The number of amides is 1. The maximum Gasteiger partial charge on any atom is 0.224 e. The lowest BCUT2D eigenvalue weighted by Crippen LogP contribution is -2.37. The zero-order valence-corrected chi connectivity index (χ0v) is 12.1. The van der Waals surface area contributed by atoms with Crippen LogP contribution in [0.1, 0.15) is 32.0 Å². The van der Waals surface area contributed by atoms with E-state index in [1.165, 1.54) is 0 Å². The van der Waals surface area contributed by atoms with Crippen molar-refractivity contribution >= 4 is 16.8 Å². The summed E-state index contributed by atoms with van der Waals surface area (Å²) in [5, 5.41) is 4.20. The first-order valence-electron chi connectivity index (χ1n) is 6.84. The Bertz CT molecular complexity index is 583. The first-order valence-corrected chi connectivity index (χ1v) is 6.84. The lowest BCUT2D eigenvalue weighted by molar-refractivity contribution is -0.121. The molecule has 3 nitrogen and oxygen atoms in total. The highest BCUT2D eigenvalue weighted by Gasteiger charge is 2.15. The van der Waals surface area contributed by atoms with Crippen LogP contribution in [0.2, 0.25) is 0 Å². The van der Waals surface area contributed by atoms with Crippen molar-refractivity contribution in [2.45, 2.75) is 40.2 Å². The Morgan fingerprint density at radius 1 is 1.26 bits per heavy atom. The minimum absolute atomic E-state index is 0.0917. The van der Waals surface area contributed by atoms with Gasteiger partial charge in [-0.25, -0.2) is 0 Å². The van der Waals surface area contributed by atoms with Crippen LogP contribution in [0, 0.1) is 12.8 Å². The van der Waals surface area contributed by atoms with Gasteiger partial charge in [0.15, 0.2) is 0 Å². The molecule has 1 heterocycles. The molecule has 2 N–H and O–H groups in total. The van der Waals surface area contributed by atoms with Crippen molar-refractivity contribution in [2.24, 2.45) is 5.92 Å². The normalized spacial score (nSPS) is 12.9. The Kier molecular flexibility index (Phi) is 3.93. The number of aryl methyl sites for hydroxylation is 1. The lowest BCUT2D eigenvalue weighted by Gasteiger charge is -2.17. The Labute approximate surface area is 114 Å². The molecular weight excluding hydrogens is 236 g/mol. The summed E-state index contributed by atoms with van der Waals surface area (Å²) in [6, 6.07) is 8.32. The summed E-state index contributed by atoms with van der Waals surface area (Å²) in [6.45, 7) is 8.29. The van der Waals surface area contributed by atoms with Crippen LogP contribution in [-0.4, -0.2) is 16.9 Å². The number of rotatable bonds is 4. The smallest absolute Gasteiger partial charge is 0.224 e. The van der Waals surface area contributed by atoms with Gasteiger partial charge in [0, 0.05) is 22.6 Å². The van der Waals surface area contributed by atoms with E-state index in [2.05, 4.69) is 30.2 Å². The van der Waals surface area contributed by atoms with Gasteiger partial charge >= 0.3 is 0 Å². The maximum absolute atomic E-state index is 12.1. The Morgan fingerprint density at radius 3 is 2.63 bits per heavy atom. The molecule has 1 unspecified atom stereocenters. The van der Waals surface area contributed by atoms with Crippen molar-refractivity contribution in [1.82, 2.24) is 10.3 Å². The molecular formula is C16H22N2O. The Morgan fingerprint density at radius 2 is 1.95 bits per heavy atom. The number of fused-ring (bicyclic) bond motifs is 1. The molecule has 0 aliphatic heterocycles. The van der Waals surface area contributed by atoms with E-state index in [1.807, 2.05) is 32.0 Å². The Hall–Kier alpha value is -1.77. The van der Waals surface area contributed by atoms with Crippen molar-refractivity contribution in [3.8, 4) is 0 Å². The zero-order valence-electron chi connectivity index (χ0n) is 12.1. The zero-order chi connectivity index (χ0) is 14.0. The molecule has 0 radical (unpaired) electrons. The van der Waals surface area contributed by atoms with Crippen LogP contribution >= 0.6 is 0 Å². The summed E-state index contributed by atoms with van der Waals surface area (Å²) in [7, 11) is 0. The molecule has 0 spiro atoms. The van der Waals surface area contributed by atoms with Crippen LogP contribution in [-0.2, 0) is 11.2 Å². The van der Waals surface area contributed by atoms with E-state index in [-0.39, 0.29) is 11.9 Å². The highest BCUT2D eigenvalue weighted by atomic mass is 16.1. The molecule has 1 aromatic carbocycles. The lowest BCUT2D eigenvalue weighted by atomic mass is 10.0. The largest absolute Gasteiger partial charge is 0.358 e. The topological polar surface area (TPSA) is 44.9 Å². The van der Waals surface area contributed by atoms with Gasteiger partial charge in [0.05, 0.1) is 6.42 Å². The van der Waals surface area contributed by atoms with E-state index >= 15 is 0 Å². The van der Waals surface area contributed by atoms with Gasteiger partial charge in [-0.2, -0.15) is 0 Å². The monoisotopic (exact) mass is 258 g/mol. The second-order valence-electron chi connectivity index (χ2n) is 5.55. The number of carbonyl (C=O) groups excluding carboxylic acids is 1. The number of nitrogens with one attached hydrogen (secondary N) is 2. The molecule has 0 saturated heterocycles. The van der Waals surface area contributed by atoms with Gasteiger partial charge in [-0.15, -0.1) is 0 Å². The van der Waals surface area contributed by atoms with Gasteiger partial charge in [-0.1, -0.05) is 32.0 Å². The first-order chi connectivity index (χ1) is 8.99. The highest BCUT2D eigenvalue weighted by molar-refractivity contribution is 5.90. The maximum atomic E-state index is 12.1. The average molecular weight is 258 g/mol. The van der Waals surface area contributed by atoms with Gasteiger partial charge in [-0.05, 0) is 31.4 Å². The predicted molar refractivity (Wildman–Crippen MR) is 79.2 cm³/mol. The summed E-state index contributed by atoms with van der Waals surface area (Å²) in [5.41, 5.74) is 3.28. The molecule has 0 saturated carbocycles. The van der Waals surface area contributed by atoms with Crippen LogP contribution in [0.3, 0.4) is 0 Å². The van der Waals surface area contributed by atoms with E-state index in [9.17, 15) is 4.79 Å². The molecule has 0 bridgehead atoms. The molecule has 1 aromatic heterocycles. The van der Waals surface area contributed by atoms with Gasteiger partial charge in [0.1, 0.15) is 0 Å². The van der Waals surface area contributed by atoms with Crippen LogP contribution < -0.4 is 5.32 Å². The van der Waals surface area contributed by atoms with Gasteiger partial charge in [0.25, 0.3) is 0 Å². The molecule has 19 heavy (non-hydrogen) atoms. The van der Waals surface area contributed by atoms with Gasteiger partial charge in [0.2, 0.25) is 5.91 Å². The number of hydrogen-bond acceptors (Lipinski definition) is 1. The summed E-state index contributed by atoms with van der Waals surface area (Å²) >= 11 is 0. The predicted octanol–water partition coefficient (Wildman–Crippen LogP) is 3.18. The second kappa shape index (κ2) is 5.47. The standard InChI is InChI=1S/C16H22N2O/c1-10(2)11(3)18-16(19)9-14-12(4)17-15-8-6-5-7-13(14)15/h5-8,10-11,17H,9H2,1-4H3,(H,18,19). The Balaban J connectivity index is 2.17. The van der Waals surface area contributed by atoms with E-state index in [0.717, 1.165) is 22.2 Å². The SMILES string of the molecule is Cc1[nH]c2ccccc2c1CC(=O)NC(C)C(C)C. The van der Waals surface area contributed by atoms with Crippen molar-refractivity contribution in [2.75, 3.05) is 0 Å². The van der Waals surface area contributed by atoms with E-state index < -0.39 is 0 Å². The fourth-order valence-corrected chi connectivity index (χ4v) is 2.19. The van der Waals surface area contributed by atoms with Crippen LogP contribution in [0.25, 0.3) is 10.9 Å². The molecule has 3 heteroatoms. The van der Waals surface area contributed by atoms with Crippen molar-refractivity contribution in [3.05, 3.63) is 35.5 Å². The first kappa shape index (κ1) is 13.7. The highest BCUT2D eigenvalue weighted by Crippen LogP contribution is 2.22. The molecule has 2 rings (SSSR count). The number of carbonyl (C=O) groups is 1. The van der Waals surface area contributed by atoms with Crippen molar-refractivity contribution < 1.29 is 4.79 Å². The van der Waals surface area contributed by atoms with E-state index in [0.29, 0.717) is 12.3 Å². The van der Waals surface area contributed by atoms with E-state index in [1.54, 1.807) is 0 Å². The average Bonchev–Trinajstić information content (AvgIpc) is 2.66.